The summed E-state index contributed by atoms with van der Waals surface area (Å²) in [5.74, 6) is 2.43. The Labute approximate surface area is 130 Å². The zero-order valence-electron chi connectivity index (χ0n) is 12.9. The van der Waals surface area contributed by atoms with Crippen molar-refractivity contribution < 1.29 is 4.52 Å². The highest BCUT2D eigenvalue weighted by atomic mass is 32.2. The normalized spacial score (nSPS) is 14.0. The molecule has 2 unspecified atom stereocenters. The van der Waals surface area contributed by atoms with E-state index in [2.05, 4.69) is 48.4 Å². The van der Waals surface area contributed by atoms with Gasteiger partial charge in [0.2, 0.25) is 5.89 Å². The Morgan fingerprint density at radius 1 is 1.24 bits per heavy atom. The van der Waals surface area contributed by atoms with E-state index in [1.54, 1.807) is 11.8 Å². The van der Waals surface area contributed by atoms with Gasteiger partial charge >= 0.3 is 0 Å². The second-order valence-electron chi connectivity index (χ2n) is 5.18. The molecule has 21 heavy (non-hydrogen) atoms. The maximum atomic E-state index is 5.40. The molecule has 0 aliphatic heterocycles. The fraction of sp³-hybridized carbons (Fsp3) is 0.500. The van der Waals surface area contributed by atoms with Gasteiger partial charge < -0.3 is 9.84 Å². The fourth-order valence-electron chi connectivity index (χ4n) is 1.94. The number of benzene rings is 1. The second kappa shape index (κ2) is 8.20. The van der Waals surface area contributed by atoms with Crippen LogP contribution >= 0.6 is 11.8 Å². The third kappa shape index (κ3) is 4.86. The highest BCUT2D eigenvalue weighted by molar-refractivity contribution is 7.98. The van der Waals surface area contributed by atoms with Crippen molar-refractivity contribution in [2.75, 3.05) is 6.54 Å². The summed E-state index contributed by atoms with van der Waals surface area (Å²) >= 11 is 1.72. The van der Waals surface area contributed by atoms with Crippen molar-refractivity contribution in [3.63, 3.8) is 0 Å². The predicted octanol–water partition coefficient (Wildman–Crippen LogP) is 3.85. The lowest BCUT2D eigenvalue weighted by Gasteiger charge is -2.17. The Bertz CT molecular complexity index is 529. The molecule has 0 radical (unpaired) electrons. The SMILES string of the molecule is CCCNC(C)C(C)c1nc(CSc2ccccc2)no1. The van der Waals surface area contributed by atoms with E-state index < -0.39 is 0 Å². The van der Waals surface area contributed by atoms with Crippen molar-refractivity contribution in [1.29, 1.82) is 0 Å². The molecule has 0 spiro atoms. The highest BCUT2D eigenvalue weighted by Crippen LogP contribution is 2.23. The molecule has 114 valence electrons. The molecule has 0 saturated carbocycles. The van der Waals surface area contributed by atoms with Gasteiger partial charge in [-0.2, -0.15) is 4.98 Å². The van der Waals surface area contributed by atoms with Crippen molar-refractivity contribution in [1.82, 2.24) is 15.5 Å². The maximum absolute atomic E-state index is 5.40. The summed E-state index contributed by atoms with van der Waals surface area (Å²) in [5, 5.41) is 7.54. The van der Waals surface area contributed by atoms with Crippen LogP contribution in [0.3, 0.4) is 0 Å². The summed E-state index contributed by atoms with van der Waals surface area (Å²) in [4.78, 5) is 5.73. The summed E-state index contributed by atoms with van der Waals surface area (Å²) in [6, 6.07) is 10.6. The van der Waals surface area contributed by atoms with E-state index in [-0.39, 0.29) is 5.92 Å². The largest absolute Gasteiger partial charge is 0.339 e. The zero-order valence-corrected chi connectivity index (χ0v) is 13.7. The molecule has 2 atom stereocenters. The number of nitrogens with zero attached hydrogens (tertiary/aromatic N) is 2. The van der Waals surface area contributed by atoms with Crippen LogP contribution in [0.5, 0.6) is 0 Å². The van der Waals surface area contributed by atoms with E-state index in [9.17, 15) is 0 Å². The van der Waals surface area contributed by atoms with Crippen molar-refractivity contribution >= 4 is 11.8 Å². The molecule has 1 aromatic heterocycles. The number of nitrogens with one attached hydrogen (secondary N) is 1. The standard InChI is InChI=1S/C16H23N3OS/c1-4-10-17-13(3)12(2)16-18-15(19-20-16)11-21-14-8-6-5-7-9-14/h5-9,12-13,17H,4,10-11H2,1-3H3. The first kappa shape index (κ1) is 16.0. The molecule has 1 heterocycles. The lowest BCUT2D eigenvalue weighted by molar-refractivity contribution is 0.329. The van der Waals surface area contributed by atoms with E-state index in [1.165, 1.54) is 4.90 Å². The topological polar surface area (TPSA) is 51.0 Å². The summed E-state index contributed by atoms with van der Waals surface area (Å²) in [6.07, 6.45) is 1.12. The average Bonchev–Trinajstić information content (AvgIpc) is 2.99. The minimum Gasteiger partial charge on any atom is -0.339 e. The van der Waals surface area contributed by atoms with Crippen LogP contribution in [0.2, 0.25) is 0 Å². The van der Waals surface area contributed by atoms with Crippen molar-refractivity contribution in [2.45, 2.75) is 49.8 Å². The Morgan fingerprint density at radius 2 is 2.00 bits per heavy atom. The predicted molar refractivity (Wildman–Crippen MR) is 86.5 cm³/mol. The van der Waals surface area contributed by atoms with Crippen molar-refractivity contribution in [3.05, 3.63) is 42.0 Å². The summed E-state index contributed by atoms with van der Waals surface area (Å²) in [6.45, 7) is 7.45. The van der Waals surface area contributed by atoms with Gasteiger partial charge in [0.05, 0.1) is 11.7 Å². The van der Waals surface area contributed by atoms with Crippen molar-refractivity contribution in [3.8, 4) is 0 Å². The molecule has 2 aromatic rings. The third-order valence-electron chi connectivity index (χ3n) is 3.45. The first-order chi connectivity index (χ1) is 10.2. The van der Waals surface area contributed by atoms with Crippen LogP contribution in [0, 0.1) is 0 Å². The van der Waals surface area contributed by atoms with E-state index in [4.69, 9.17) is 4.52 Å². The summed E-state index contributed by atoms with van der Waals surface area (Å²) in [5.41, 5.74) is 0. The number of hydrogen-bond donors (Lipinski definition) is 1. The molecule has 4 nitrogen and oxygen atoms in total. The van der Waals surface area contributed by atoms with Crippen LogP contribution in [-0.4, -0.2) is 22.7 Å². The lowest BCUT2D eigenvalue weighted by Crippen LogP contribution is -2.31. The van der Waals surface area contributed by atoms with E-state index in [0.717, 1.165) is 30.4 Å². The second-order valence-corrected chi connectivity index (χ2v) is 6.23. The highest BCUT2D eigenvalue weighted by Gasteiger charge is 2.20. The van der Waals surface area contributed by atoms with Gasteiger partial charge in [0.15, 0.2) is 5.82 Å². The fourth-order valence-corrected chi connectivity index (χ4v) is 2.70. The third-order valence-corrected chi connectivity index (χ3v) is 4.46. The Hall–Kier alpha value is -1.33. The monoisotopic (exact) mass is 305 g/mol. The average molecular weight is 305 g/mol. The zero-order chi connectivity index (χ0) is 15.1. The molecule has 0 amide bonds. The van der Waals surface area contributed by atoms with Gasteiger partial charge in [-0.15, -0.1) is 11.8 Å². The van der Waals surface area contributed by atoms with E-state index in [1.807, 2.05) is 18.2 Å². The number of rotatable bonds is 8. The Balaban J connectivity index is 1.88. The molecule has 0 aliphatic rings. The van der Waals surface area contributed by atoms with E-state index >= 15 is 0 Å². The number of thioether (sulfide) groups is 1. The summed E-state index contributed by atoms with van der Waals surface area (Å²) < 4.78 is 5.40. The molecule has 1 N–H and O–H groups in total. The van der Waals surface area contributed by atoms with Crippen LogP contribution in [-0.2, 0) is 5.75 Å². The number of aromatic nitrogens is 2. The van der Waals surface area contributed by atoms with Gasteiger partial charge in [-0.3, -0.25) is 0 Å². The molecule has 0 bridgehead atoms. The lowest BCUT2D eigenvalue weighted by atomic mass is 10.0. The molecular weight excluding hydrogens is 282 g/mol. The molecule has 5 heteroatoms. The number of hydrogen-bond acceptors (Lipinski definition) is 5. The minimum atomic E-state index is 0.222. The van der Waals surface area contributed by atoms with Gasteiger partial charge in [0.1, 0.15) is 0 Å². The quantitative estimate of drug-likeness (QED) is 0.751. The van der Waals surface area contributed by atoms with Crippen LogP contribution in [0.1, 0.15) is 44.8 Å². The van der Waals surface area contributed by atoms with Gasteiger partial charge in [0.25, 0.3) is 0 Å². The molecular formula is C16H23N3OS. The maximum Gasteiger partial charge on any atom is 0.231 e. The molecule has 2 rings (SSSR count). The smallest absolute Gasteiger partial charge is 0.231 e. The first-order valence-electron chi connectivity index (χ1n) is 7.44. The Morgan fingerprint density at radius 3 is 2.71 bits per heavy atom. The van der Waals surface area contributed by atoms with Gasteiger partial charge in [-0.05, 0) is 32.0 Å². The van der Waals surface area contributed by atoms with E-state index in [0.29, 0.717) is 6.04 Å². The molecule has 0 saturated heterocycles. The first-order valence-corrected chi connectivity index (χ1v) is 8.43. The molecule has 0 aliphatic carbocycles. The molecule has 0 fully saturated rings. The molecule has 1 aromatic carbocycles. The van der Waals surface area contributed by atoms with Gasteiger partial charge in [0, 0.05) is 10.9 Å². The van der Waals surface area contributed by atoms with Crippen LogP contribution < -0.4 is 5.32 Å². The Kier molecular flexibility index (Phi) is 6.26. The van der Waals surface area contributed by atoms with Crippen LogP contribution in [0.25, 0.3) is 0 Å². The minimum absolute atomic E-state index is 0.222. The summed E-state index contributed by atoms with van der Waals surface area (Å²) in [7, 11) is 0. The van der Waals surface area contributed by atoms with Crippen LogP contribution in [0.4, 0.5) is 0 Å². The van der Waals surface area contributed by atoms with Crippen molar-refractivity contribution in [2.24, 2.45) is 0 Å². The van der Waals surface area contributed by atoms with Crippen LogP contribution in [0.15, 0.2) is 39.8 Å². The van der Waals surface area contributed by atoms with Gasteiger partial charge in [-0.1, -0.05) is 37.2 Å². The van der Waals surface area contributed by atoms with Gasteiger partial charge in [-0.25, -0.2) is 0 Å².